The third-order valence-electron chi connectivity index (χ3n) is 6.28. The molecule has 0 aliphatic carbocycles. The van der Waals surface area contributed by atoms with Gasteiger partial charge in [0.1, 0.15) is 0 Å². The van der Waals surface area contributed by atoms with Crippen LogP contribution in [-0.2, 0) is 25.2 Å². The van der Waals surface area contributed by atoms with E-state index in [1.165, 1.54) is 48.2 Å². The molecule has 0 radical (unpaired) electrons. The van der Waals surface area contributed by atoms with Crippen molar-refractivity contribution in [3.05, 3.63) is 104 Å². The molecule has 0 atom stereocenters. The Bertz CT molecular complexity index is 1500. The van der Waals surface area contributed by atoms with Crippen LogP contribution in [-0.4, -0.2) is 40.9 Å². The fraction of sp³-hybridized carbons (Fsp3) is 0.308. The molecule has 43 heavy (non-hydrogen) atoms. The van der Waals surface area contributed by atoms with Crippen molar-refractivity contribution < 1.29 is 36.2 Å². The van der Waals surface area contributed by atoms with Crippen LogP contribution in [0.2, 0.25) is 0 Å². The first-order chi connectivity index (χ1) is 20.2. The maximum atomic E-state index is 12.9. The normalized spacial score (nSPS) is 12.0. The van der Waals surface area contributed by atoms with E-state index >= 15 is 0 Å². The molecule has 0 saturated heterocycles. The highest BCUT2D eigenvalue weighted by molar-refractivity contribution is 7.99. The van der Waals surface area contributed by atoms with Gasteiger partial charge in [0.2, 0.25) is 0 Å². The lowest BCUT2D eigenvalue weighted by Gasteiger charge is -2.08. The maximum Gasteiger partial charge on any atom is 0.435 e. The monoisotopic (exact) mass is 628 g/mol. The fourth-order valence-electron chi connectivity index (χ4n) is 4.25. The molecule has 2 aromatic carbocycles. The molecule has 10 nitrogen and oxygen atoms in total. The van der Waals surface area contributed by atoms with Gasteiger partial charge in [-0.3, -0.25) is 20.2 Å². The summed E-state index contributed by atoms with van der Waals surface area (Å²) in [6, 6.07) is 9.56. The second kappa shape index (κ2) is 12.8. The Morgan fingerprint density at radius 2 is 1.07 bits per heavy atom. The molecule has 0 aliphatic heterocycles. The van der Waals surface area contributed by atoms with Gasteiger partial charge >= 0.3 is 12.4 Å². The molecule has 0 fully saturated rings. The summed E-state index contributed by atoms with van der Waals surface area (Å²) in [5.41, 5.74) is -1.32. The Kier molecular flexibility index (Phi) is 9.42. The quantitative estimate of drug-likeness (QED) is 0.0703. The molecule has 0 spiro atoms. The Morgan fingerprint density at radius 3 is 1.40 bits per heavy atom. The number of nitro groups is 2. The van der Waals surface area contributed by atoms with Crippen molar-refractivity contribution in [3.8, 4) is 11.4 Å². The molecular weight excluding hydrogens is 606 g/mol. The van der Waals surface area contributed by atoms with Crippen molar-refractivity contribution in [3.63, 3.8) is 0 Å². The van der Waals surface area contributed by atoms with E-state index in [0.717, 1.165) is 33.9 Å². The second-order valence-corrected chi connectivity index (χ2v) is 10.5. The van der Waals surface area contributed by atoms with Gasteiger partial charge in [0.25, 0.3) is 11.4 Å². The van der Waals surface area contributed by atoms with Crippen LogP contribution >= 0.6 is 11.8 Å². The van der Waals surface area contributed by atoms with E-state index in [4.69, 9.17) is 0 Å². The highest BCUT2D eigenvalue weighted by Gasteiger charge is 2.34. The van der Waals surface area contributed by atoms with Crippen molar-refractivity contribution in [2.45, 2.75) is 38.0 Å². The summed E-state index contributed by atoms with van der Waals surface area (Å²) in [4.78, 5) is 21.8. The molecule has 2 heterocycles. The number of nitro benzene ring substituents is 2. The van der Waals surface area contributed by atoms with Crippen LogP contribution in [0.15, 0.2) is 60.9 Å². The average Bonchev–Trinajstić information content (AvgIpc) is 3.63. The van der Waals surface area contributed by atoms with Crippen LogP contribution in [0.3, 0.4) is 0 Å². The molecule has 0 bridgehead atoms. The van der Waals surface area contributed by atoms with Crippen molar-refractivity contribution in [2.24, 2.45) is 0 Å². The first kappa shape index (κ1) is 31.5. The van der Waals surface area contributed by atoms with E-state index in [9.17, 15) is 46.6 Å². The minimum Gasteiger partial charge on any atom is -0.258 e. The average molecular weight is 629 g/mol. The smallest absolute Gasteiger partial charge is 0.258 e. The topological polar surface area (TPSA) is 122 Å². The predicted molar refractivity (Wildman–Crippen MR) is 144 cm³/mol. The molecule has 0 saturated carbocycles. The summed E-state index contributed by atoms with van der Waals surface area (Å²) < 4.78 is 79.4. The highest BCUT2D eigenvalue weighted by atomic mass is 32.2. The van der Waals surface area contributed by atoms with Gasteiger partial charge in [0.05, 0.1) is 21.2 Å². The zero-order valence-corrected chi connectivity index (χ0v) is 22.8. The van der Waals surface area contributed by atoms with Crippen LogP contribution in [0.25, 0.3) is 11.4 Å². The summed E-state index contributed by atoms with van der Waals surface area (Å²) in [6.07, 6.45) is -5.42. The lowest BCUT2D eigenvalue weighted by atomic mass is 10.1. The second-order valence-electron chi connectivity index (χ2n) is 9.25. The lowest BCUT2D eigenvalue weighted by molar-refractivity contribution is -0.385. The third-order valence-corrected chi connectivity index (χ3v) is 7.43. The Hall–Kier alpha value is -4.41. The molecule has 2 aromatic heterocycles. The third kappa shape index (κ3) is 7.91. The van der Waals surface area contributed by atoms with E-state index < -0.39 is 33.6 Å². The molecule has 0 amide bonds. The van der Waals surface area contributed by atoms with Gasteiger partial charge in [-0.05, 0) is 73.6 Å². The first-order valence-electron chi connectivity index (χ1n) is 12.6. The number of hydrogen-bond acceptors (Lipinski definition) is 7. The number of alkyl halides is 6. The van der Waals surface area contributed by atoms with Gasteiger partial charge < -0.3 is 0 Å². The van der Waals surface area contributed by atoms with Gasteiger partial charge in [0, 0.05) is 35.7 Å². The van der Waals surface area contributed by atoms with Crippen LogP contribution in [0.5, 0.6) is 0 Å². The maximum absolute atomic E-state index is 12.9. The number of halogens is 6. The number of rotatable bonds is 12. The molecular formula is C26H22F6N6O4S. The summed E-state index contributed by atoms with van der Waals surface area (Å²) in [6.45, 7) is 0. The number of aryl methyl sites for hydroxylation is 2. The van der Waals surface area contributed by atoms with Gasteiger partial charge in [0.15, 0.2) is 11.4 Å². The predicted octanol–water partition coefficient (Wildman–Crippen LogP) is 7.21. The van der Waals surface area contributed by atoms with Gasteiger partial charge in [-0.15, -0.1) is 0 Å². The Labute approximate surface area is 243 Å². The van der Waals surface area contributed by atoms with E-state index in [-0.39, 0.29) is 35.6 Å². The van der Waals surface area contributed by atoms with E-state index in [0.29, 0.717) is 35.5 Å². The summed E-state index contributed by atoms with van der Waals surface area (Å²) in [5, 5.41) is 29.9. The van der Waals surface area contributed by atoms with Crippen molar-refractivity contribution in [1.82, 2.24) is 19.6 Å². The molecule has 17 heteroatoms. The number of aromatic nitrogens is 4. The molecule has 4 aromatic rings. The molecule has 4 rings (SSSR count). The zero-order valence-electron chi connectivity index (χ0n) is 22.0. The van der Waals surface area contributed by atoms with Crippen LogP contribution in [0.4, 0.5) is 37.7 Å². The van der Waals surface area contributed by atoms with Crippen LogP contribution in [0, 0.1) is 20.2 Å². The van der Waals surface area contributed by atoms with Gasteiger partial charge in [-0.2, -0.15) is 48.3 Å². The van der Waals surface area contributed by atoms with Crippen molar-refractivity contribution >= 4 is 23.1 Å². The molecule has 0 N–H and O–H groups in total. The van der Waals surface area contributed by atoms with E-state index in [1.54, 1.807) is 0 Å². The number of hydrogen-bond donors (Lipinski definition) is 0. The highest BCUT2D eigenvalue weighted by Crippen LogP contribution is 2.31. The Balaban J connectivity index is 1.33. The summed E-state index contributed by atoms with van der Waals surface area (Å²) in [7, 11) is 0. The van der Waals surface area contributed by atoms with Crippen molar-refractivity contribution in [1.29, 1.82) is 0 Å². The number of thioether (sulfide) groups is 1. The molecule has 0 unspecified atom stereocenters. The van der Waals surface area contributed by atoms with Gasteiger partial charge in [-0.1, -0.05) is 0 Å². The number of benzene rings is 2. The van der Waals surface area contributed by atoms with E-state index in [1.807, 2.05) is 0 Å². The summed E-state index contributed by atoms with van der Waals surface area (Å²) >= 11 is 1.51. The molecule has 0 aliphatic rings. The molecule has 228 valence electrons. The van der Waals surface area contributed by atoms with Crippen molar-refractivity contribution in [2.75, 3.05) is 11.5 Å². The minimum absolute atomic E-state index is 0.163. The fourth-order valence-corrected chi connectivity index (χ4v) is 5.16. The van der Waals surface area contributed by atoms with Crippen LogP contribution < -0.4 is 0 Å². The number of nitrogens with zero attached hydrogens (tertiary/aromatic N) is 6. The van der Waals surface area contributed by atoms with Crippen LogP contribution in [0.1, 0.15) is 35.4 Å². The SMILES string of the molecule is O=[N+]([O-])c1ccc(-n2ccc(C(F)(F)F)n2)cc1CCCSCCCc1cc(-n2ccc(C(F)(F)F)n2)ccc1[N+](=O)[O-]. The Morgan fingerprint density at radius 1 is 0.674 bits per heavy atom. The lowest BCUT2D eigenvalue weighted by Crippen LogP contribution is -2.07. The zero-order chi connectivity index (χ0) is 31.4. The first-order valence-corrected chi connectivity index (χ1v) is 13.8. The largest absolute Gasteiger partial charge is 0.435 e. The standard InChI is InChI=1S/C26H22F6N6O4S/c27-25(28,29)23-9-11-35(33-23)19-5-7-21(37(39)40)17(15-19)3-1-13-43-14-2-4-18-16-20(6-8-22(18)38(41)42)36-12-10-24(34-36)26(30,31)32/h5-12,15-16H,1-4,13-14H2. The summed E-state index contributed by atoms with van der Waals surface area (Å²) in [5.74, 6) is 1.16. The van der Waals surface area contributed by atoms with Gasteiger partial charge in [-0.25, -0.2) is 9.36 Å². The minimum atomic E-state index is -4.62. The van der Waals surface area contributed by atoms with E-state index in [2.05, 4.69) is 10.2 Å².